The molecule has 1 unspecified atom stereocenters. The van der Waals surface area contributed by atoms with Gasteiger partial charge in [0.15, 0.2) is 0 Å². The van der Waals surface area contributed by atoms with E-state index in [9.17, 15) is 18.0 Å². The fraction of sp³-hybridized carbons (Fsp3) is 0.211. The summed E-state index contributed by atoms with van der Waals surface area (Å²) in [5.41, 5.74) is 5.48. The van der Waals surface area contributed by atoms with E-state index in [1.807, 2.05) is 18.2 Å². The Morgan fingerprint density at radius 1 is 1.07 bits per heavy atom. The number of nitrogens with zero attached hydrogens (tertiary/aromatic N) is 2. The molecule has 1 aliphatic rings. The van der Waals surface area contributed by atoms with E-state index < -0.39 is 27.9 Å². The number of carbonyl (C=O) groups excluding carboxylic acids is 2. The Morgan fingerprint density at radius 3 is 2.69 bits per heavy atom. The monoisotopic (exact) mass is 430 g/mol. The van der Waals surface area contributed by atoms with Crippen LogP contribution < -0.4 is 10.9 Å². The van der Waals surface area contributed by atoms with Gasteiger partial charge in [-0.1, -0.05) is 30.3 Å². The van der Waals surface area contributed by atoms with Crippen LogP contribution in [0.3, 0.4) is 0 Å². The third-order valence-corrected chi connectivity index (χ3v) is 7.98. The van der Waals surface area contributed by atoms with E-state index in [0.717, 1.165) is 16.7 Å². The van der Waals surface area contributed by atoms with Gasteiger partial charge in [0.2, 0.25) is 0 Å². The summed E-state index contributed by atoms with van der Waals surface area (Å²) in [4.78, 5) is 29.2. The zero-order chi connectivity index (χ0) is 20.4. The molecule has 2 aromatic heterocycles. The molecule has 150 valence electrons. The highest BCUT2D eigenvalue weighted by Gasteiger charge is 2.40. The van der Waals surface area contributed by atoms with Crippen LogP contribution in [0.2, 0.25) is 0 Å². The van der Waals surface area contributed by atoms with Crippen LogP contribution in [-0.2, 0) is 14.8 Å². The number of amides is 2. The second-order valence-electron chi connectivity index (χ2n) is 6.54. The van der Waals surface area contributed by atoms with Crippen molar-refractivity contribution in [3.63, 3.8) is 0 Å². The van der Waals surface area contributed by atoms with Crippen molar-refractivity contribution in [3.05, 3.63) is 59.6 Å². The Bertz CT molecular complexity index is 1160. The van der Waals surface area contributed by atoms with Crippen molar-refractivity contribution < 1.29 is 18.0 Å². The minimum Gasteiger partial charge on any atom is -0.271 e. The lowest BCUT2D eigenvalue weighted by Gasteiger charge is -2.22. The first-order valence-corrected chi connectivity index (χ1v) is 11.3. The number of nitrogens with one attached hydrogen (secondary N) is 2. The molecule has 3 heterocycles. The highest BCUT2D eigenvalue weighted by molar-refractivity contribution is 7.91. The van der Waals surface area contributed by atoms with Crippen LogP contribution in [0.15, 0.2) is 58.1 Å². The Labute approximate surface area is 171 Å². The van der Waals surface area contributed by atoms with Crippen LogP contribution in [-0.4, -0.2) is 42.1 Å². The molecule has 2 amide bonds. The van der Waals surface area contributed by atoms with Crippen molar-refractivity contribution in [3.8, 4) is 0 Å². The van der Waals surface area contributed by atoms with Crippen molar-refractivity contribution in [1.82, 2.24) is 20.1 Å². The number of hydrazine groups is 1. The van der Waals surface area contributed by atoms with E-state index in [-0.39, 0.29) is 16.4 Å². The predicted octanol–water partition coefficient (Wildman–Crippen LogP) is 1.91. The molecule has 1 aliphatic heterocycles. The molecule has 1 aromatic carbocycles. The predicted molar refractivity (Wildman–Crippen MR) is 109 cm³/mol. The average Bonchev–Trinajstić information content (AvgIpc) is 3.44. The number of sulfonamides is 1. The second kappa shape index (κ2) is 7.90. The summed E-state index contributed by atoms with van der Waals surface area (Å²) in [5.74, 6) is -1.15. The van der Waals surface area contributed by atoms with Gasteiger partial charge in [-0.05, 0) is 36.4 Å². The van der Waals surface area contributed by atoms with Crippen LogP contribution in [0.1, 0.15) is 23.3 Å². The van der Waals surface area contributed by atoms with E-state index in [2.05, 4.69) is 15.8 Å². The highest BCUT2D eigenvalue weighted by atomic mass is 32.2. The molecule has 1 atom stereocenters. The minimum atomic E-state index is -3.74. The molecule has 0 bridgehead atoms. The van der Waals surface area contributed by atoms with Crippen LogP contribution in [0.5, 0.6) is 0 Å². The van der Waals surface area contributed by atoms with E-state index in [1.54, 1.807) is 29.6 Å². The summed E-state index contributed by atoms with van der Waals surface area (Å²) >= 11 is 1.11. The maximum Gasteiger partial charge on any atom is 0.288 e. The molecule has 29 heavy (non-hydrogen) atoms. The van der Waals surface area contributed by atoms with Gasteiger partial charge in [-0.2, -0.15) is 4.31 Å². The fourth-order valence-electron chi connectivity index (χ4n) is 3.27. The zero-order valence-corrected chi connectivity index (χ0v) is 16.9. The lowest BCUT2D eigenvalue weighted by Crippen LogP contribution is -2.51. The molecule has 8 nitrogen and oxygen atoms in total. The number of carbonyl (C=O) groups is 2. The van der Waals surface area contributed by atoms with Gasteiger partial charge in [0.1, 0.15) is 15.9 Å². The molecule has 3 aromatic rings. The number of hydrogen-bond donors (Lipinski definition) is 2. The number of fused-ring (bicyclic) bond motifs is 1. The van der Waals surface area contributed by atoms with Crippen molar-refractivity contribution >= 4 is 44.1 Å². The first-order chi connectivity index (χ1) is 14.0. The van der Waals surface area contributed by atoms with Gasteiger partial charge in [-0.3, -0.25) is 20.4 Å². The van der Waals surface area contributed by atoms with Crippen molar-refractivity contribution in [2.24, 2.45) is 0 Å². The Balaban J connectivity index is 1.44. The molecule has 1 saturated heterocycles. The van der Waals surface area contributed by atoms with E-state index >= 15 is 0 Å². The molecule has 4 rings (SSSR count). The van der Waals surface area contributed by atoms with Crippen LogP contribution in [0.25, 0.3) is 10.9 Å². The van der Waals surface area contributed by atoms with Gasteiger partial charge in [0.05, 0.1) is 5.52 Å². The molecule has 2 N–H and O–H groups in total. The van der Waals surface area contributed by atoms with Gasteiger partial charge >= 0.3 is 0 Å². The van der Waals surface area contributed by atoms with Crippen molar-refractivity contribution in [2.75, 3.05) is 6.54 Å². The molecule has 0 spiro atoms. The normalized spacial score (nSPS) is 17.3. The van der Waals surface area contributed by atoms with Gasteiger partial charge < -0.3 is 0 Å². The van der Waals surface area contributed by atoms with Gasteiger partial charge in [0, 0.05) is 11.9 Å². The van der Waals surface area contributed by atoms with E-state index in [0.29, 0.717) is 18.4 Å². The third kappa shape index (κ3) is 3.86. The lowest BCUT2D eigenvalue weighted by atomic mass is 10.2. The summed E-state index contributed by atoms with van der Waals surface area (Å²) in [6.45, 7) is 0.262. The summed E-state index contributed by atoms with van der Waals surface area (Å²) in [5, 5.41) is 2.57. The van der Waals surface area contributed by atoms with Gasteiger partial charge in [-0.25, -0.2) is 13.4 Å². The summed E-state index contributed by atoms with van der Waals surface area (Å²) < 4.78 is 26.9. The fourth-order valence-corrected chi connectivity index (χ4v) is 6.05. The standard InChI is InChI=1S/C19H18N4O4S2/c24-18(15-10-9-13-5-1-2-6-14(13)20-15)21-22-19(25)16-7-3-11-23(16)29(26,27)17-8-4-12-28-17/h1-2,4-6,8-10,12,16H,3,7,11H2,(H,21,24)(H,22,25). The third-order valence-electron chi connectivity index (χ3n) is 4.69. The number of pyridine rings is 1. The minimum absolute atomic E-state index is 0.151. The quantitative estimate of drug-likeness (QED) is 0.615. The highest BCUT2D eigenvalue weighted by Crippen LogP contribution is 2.28. The number of para-hydroxylation sites is 1. The Morgan fingerprint density at radius 2 is 1.90 bits per heavy atom. The largest absolute Gasteiger partial charge is 0.288 e. The molecular formula is C19H18N4O4S2. The first kappa shape index (κ1) is 19.5. The van der Waals surface area contributed by atoms with Crippen LogP contribution >= 0.6 is 11.3 Å². The first-order valence-electron chi connectivity index (χ1n) is 8.98. The molecule has 10 heteroatoms. The lowest BCUT2D eigenvalue weighted by molar-refractivity contribution is -0.125. The van der Waals surface area contributed by atoms with Crippen LogP contribution in [0, 0.1) is 0 Å². The average molecular weight is 431 g/mol. The Hall–Kier alpha value is -2.82. The number of thiophene rings is 1. The van der Waals surface area contributed by atoms with Crippen molar-refractivity contribution in [1.29, 1.82) is 0 Å². The van der Waals surface area contributed by atoms with E-state index in [4.69, 9.17) is 0 Å². The SMILES string of the molecule is O=C(NNC(=O)C1CCCN1S(=O)(=O)c1cccs1)c1ccc2ccccc2n1. The van der Waals surface area contributed by atoms with E-state index in [1.165, 1.54) is 10.4 Å². The van der Waals surface area contributed by atoms with Gasteiger partial charge in [-0.15, -0.1) is 11.3 Å². The van der Waals surface area contributed by atoms with Crippen molar-refractivity contribution in [2.45, 2.75) is 23.1 Å². The molecule has 0 radical (unpaired) electrons. The van der Waals surface area contributed by atoms with Crippen LogP contribution in [0.4, 0.5) is 0 Å². The summed E-state index contributed by atoms with van der Waals surface area (Å²) in [6, 6.07) is 13.0. The molecule has 1 fully saturated rings. The second-order valence-corrected chi connectivity index (χ2v) is 9.60. The number of aromatic nitrogens is 1. The zero-order valence-electron chi connectivity index (χ0n) is 15.2. The van der Waals surface area contributed by atoms with Gasteiger partial charge in [0.25, 0.3) is 21.8 Å². The Kier molecular flexibility index (Phi) is 5.31. The molecule has 0 saturated carbocycles. The number of rotatable bonds is 4. The number of benzene rings is 1. The molecule has 0 aliphatic carbocycles. The smallest absolute Gasteiger partial charge is 0.271 e. The summed E-state index contributed by atoms with van der Waals surface area (Å²) in [7, 11) is -3.74. The summed E-state index contributed by atoms with van der Waals surface area (Å²) in [6.07, 6.45) is 0.962. The maximum absolute atomic E-state index is 12.8. The topological polar surface area (TPSA) is 108 Å². The molecular weight excluding hydrogens is 412 g/mol. The maximum atomic E-state index is 12.8. The number of hydrogen-bond acceptors (Lipinski definition) is 6.